The van der Waals surface area contributed by atoms with Crippen molar-refractivity contribution in [2.75, 3.05) is 42.7 Å². The lowest BCUT2D eigenvalue weighted by atomic mass is 10.0. The topological polar surface area (TPSA) is 115 Å². The van der Waals surface area contributed by atoms with Crippen LogP contribution in [0, 0.1) is 0 Å². The molecule has 2 amide bonds. The Kier molecular flexibility index (Phi) is 7.00. The first kappa shape index (κ1) is 24.5. The van der Waals surface area contributed by atoms with Crippen LogP contribution in [0.25, 0.3) is 11.3 Å². The van der Waals surface area contributed by atoms with Gasteiger partial charge in [-0.05, 0) is 42.8 Å². The van der Waals surface area contributed by atoms with E-state index in [1.807, 2.05) is 73.5 Å². The van der Waals surface area contributed by atoms with Gasteiger partial charge in [0.05, 0.1) is 29.1 Å². The third kappa shape index (κ3) is 5.05. The number of carboxylic acids is 1. The molecule has 9 nitrogen and oxygen atoms in total. The summed E-state index contributed by atoms with van der Waals surface area (Å²) in [6.07, 6.45) is 1.24. The summed E-state index contributed by atoms with van der Waals surface area (Å²) in [6, 6.07) is 18.3. The Morgan fingerprint density at radius 1 is 1.03 bits per heavy atom. The van der Waals surface area contributed by atoms with Crippen LogP contribution >= 0.6 is 0 Å². The van der Waals surface area contributed by atoms with E-state index in [1.54, 1.807) is 11.9 Å². The van der Waals surface area contributed by atoms with Gasteiger partial charge in [-0.1, -0.05) is 30.3 Å². The number of aromatic carboxylic acids is 1. The summed E-state index contributed by atoms with van der Waals surface area (Å²) < 4.78 is 0. The summed E-state index contributed by atoms with van der Waals surface area (Å²) >= 11 is 0. The molecule has 184 valence electrons. The monoisotopic (exact) mass is 485 g/mol. The highest BCUT2D eigenvalue weighted by molar-refractivity contribution is 6.37. The van der Waals surface area contributed by atoms with E-state index in [0.29, 0.717) is 29.2 Å². The molecule has 1 aliphatic rings. The van der Waals surface area contributed by atoms with E-state index in [0.717, 1.165) is 16.9 Å². The lowest BCUT2D eigenvalue weighted by Crippen LogP contribution is -2.36. The zero-order valence-corrected chi connectivity index (χ0v) is 20.3. The average molecular weight is 486 g/mol. The predicted molar refractivity (Wildman–Crippen MR) is 140 cm³/mol. The molecule has 9 heteroatoms. The molecule has 0 atom stereocenters. The van der Waals surface area contributed by atoms with Crippen LogP contribution in [0.2, 0.25) is 0 Å². The van der Waals surface area contributed by atoms with Gasteiger partial charge in [0.2, 0.25) is 5.91 Å². The Bertz CT molecular complexity index is 1340. The molecule has 0 unspecified atom stereocenters. The van der Waals surface area contributed by atoms with Gasteiger partial charge >= 0.3 is 5.97 Å². The van der Waals surface area contributed by atoms with Gasteiger partial charge in [-0.25, -0.2) is 4.79 Å². The highest BCUT2D eigenvalue weighted by Gasteiger charge is 2.30. The number of hydrogen-bond donors (Lipinski definition) is 3. The van der Waals surface area contributed by atoms with Crippen molar-refractivity contribution in [3.05, 3.63) is 83.7 Å². The third-order valence-electron chi connectivity index (χ3n) is 6.01. The number of fused-ring (bicyclic) bond motifs is 1. The molecule has 36 heavy (non-hydrogen) atoms. The number of rotatable bonds is 8. The summed E-state index contributed by atoms with van der Waals surface area (Å²) in [6.45, 7) is 2.84. The van der Waals surface area contributed by atoms with Crippen LogP contribution in [0.15, 0.2) is 66.9 Å². The number of anilines is 3. The number of pyridine rings is 1. The largest absolute Gasteiger partial charge is 0.478 e. The van der Waals surface area contributed by atoms with Gasteiger partial charge in [-0.15, -0.1) is 0 Å². The maximum atomic E-state index is 13.0. The standard InChI is InChI=1S/C27H27N5O4/c1-4-31(2)22(33)16-32(3)20-12-10-19(11-13-20)29-24(17-8-6-5-7-9-17)23-25-21(30-26(23)34)14-18(15-28-25)27(35)36/h5-15,29H,4,16H2,1-3H3,(H,30,34)(H,35,36). The van der Waals surface area contributed by atoms with Gasteiger partial charge in [-0.2, -0.15) is 0 Å². The second-order valence-corrected chi connectivity index (χ2v) is 8.43. The van der Waals surface area contributed by atoms with Crippen molar-refractivity contribution in [3.63, 3.8) is 0 Å². The van der Waals surface area contributed by atoms with E-state index in [4.69, 9.17) is 0 Å². The van der Waals surface area contributed by atoms with Crippen molar-refractivity contribution in [1.29, 1.82) is 0 Å². The molecule has 0 aliphatic carbocycles. The van der Waals surface area contributed by atoms with Crippen LogP contribution < -0.4 is 15.5 Å². The minimum atomic E-state index is -1.12. The van der Waals surface area contributed by atoms with E-state index in [2.05, 4.69) is 15.6 Å². The summed E-state index contributed by atoms with van der Waals surface area (Å²) in [7, 11) is 3.63. The molecular weight excluding hydrogens is 458 g/mol. The third-order valence-corrected chi connectivity index (χ3v) is 6.01. The highest BCUT2D eigenvalue weighted by Crippen LogP contribution is 2.36. The second-order valence-electron chi connectivity index (χ2n) is 8.43. The zero-order chi connectivity index (χ0) is 25.8. The lowest BCUT2D eigenvalue weighted by molar-refractivity contribution is -0.128. The normalized spacial score (nSPS) is 13.5. The minimum absolute atomic E-state index is 0.00663. The van der Waals surface area contributed by atoms with Crippen LogP contribution in [-0.2, 0) is 9.59 Å². The molecular formula is C27H27N5O4. The Labute approximate surface area is 209 Å². The molecule has 4 rings (SSSR count). The van der Waals surface area contributed by atoms with E-state index >= 15 is 0 Å². The van der Waals surface area contributed by atoms with E-state index in [-0.39, 0.29) is 23.9 Å². The molecule has 0 bridgehead atoms. The lowest BCUT2D eigenvalue weighted by Gasteiger charge is -2.23. The number of carboxylic acid groups (broad SMARTS) is 1. The number of aromatic nitrogens is 1. The number of carbonyl (C=O) groups excluding carboxylic acids is 2. The van der Waals surface area contributed by atoms with Crippen LogP contribution in [0.5, 0.6) is 0 Å². The highest BCUT2D eigenvalue weighted by atomic mass is 16.4. The van der Waals surface area contributed by atoms with Crippen molar-refractivity contribution in [3.8, 4) is 0 Å². The fourth-order valence-electron chi connectivity index (χ4n) is 3.82. The maximum absolute atomic E-state index is 13.0. The molecule has 1 aliphatic heterocycles. The summed E-state index contributed by atoms with van der Waals surface area (Å²) in [5.74, 6) is -1.46. The summed E-state index contributed by atoms with van der Waals surface area (Å²) in [4.78, 5) is 44.4. The number of likely N-dealkylation sites (N-methyl/N-ethyl adjacent to an activating group) is 2. The van der Waals surface area contributed by atoms with Crippen molar-refractivity contribution in [2.45, 2.75) is 6.92 Å². The van der Waals surface area contributed by atoms with Crippen LogP contribution in [0.1, 0.15) is 28.5 Å². The van der Waals surface area contributed by atoms with E-state index < -0.39 is 5.97 Å². The quantitative estimate of drug-likeness (QED) is 0.418. The number of nitrogens with one attached hydrogen (secondary N) is 2. The zero-order valence-electron chi connectivity index (χ0n) is 20.3. The first-order chi connectivity index (χ1) is 17.3. The smallest absolute Gasteiger partial charge is 0.337 e. The molecule has 0 fully saturated rings. The van der Waals surface area contributed by atoms with Gasteiger partial charge in [0.15, 0.2) is 0 Å². The predicted octanol–water partition coefficient (Wildman–Crippen LogP) is 3.63. The molecule has 0 spiro atoms. The van der Waals surface area contributed by atoms with Gasteiger partial charge in [-0.3, -0.25) is 14.6 Å². The van der Waals surface area contributed by atoms with Crippen molar-refractivity contribution in [1.82, 2.24) is 9.88 Å². The van der Waals surface area contributed by atoms with Gasteiger partial charge in [0.25, 0.3) is 5.91 Å². The fourth-order valence-corrected chi connectivity index (χ4v) is 3.82. The van der Waals surface area contributed by atoms with Crippen molar-refractivity contribution < 1.29 is 19.5 Å². The van der Waals surface area contributed by atoms with Crippen LogP contribution in [0.4, 0.5) is 17.1 Å². The SMILES string of the molecule is CCN(C)C(=O)CN(C)c1ccc(NC(=C2C(=O)Nc3cc(C(=O)O)cnc32)c2ccccc2)cc1. The average Bonchev–Trinajstić information content (AvgIpc) is 3.22. The first-order valence-corrected chi connectivity index (χ1v) is 11.5. The molecule has 0 saturated carbocycles. The first-order valence-electron chi connectivity index (χ1n) is 11.5. The Hall–Kier alpha value is -4.66. The summed E-state index contributed by atoms with van der Waals surface area (Å²) in [5, 5.41) is 15.4. The van der Waals surface area contributed by atoms with Gasteiger partial charge in [0.1, 0.15) is 5.69 Å². The van der Waals surface area contributed by atoms with Crippen molar-refractivity contribution in [2.24, 2.45) is 0 Å². The molecule has 2 aromatic carbocycles. The Morgan fingerprint density at radius 3 is 2.36 bits per heavy atom. The number of benzene rings is 2. The Morgan fingerprint density at radius 2 is 1.72 bits per heavy atom. The molecule has 3 N–H and O–H groups in total. The van der Waals surface area contributed by atoms with E-state index in [9.17, 15) is 19.5 Å². The van der Waals surface area contributed by atoms with Crippen molar-refractivity contribution >= 4 is 46.1 Å². The second kappa shape index (κ2) is 10.3. The Balaban J connectivity index is 1.67. The number of carbonyl (C=O) groups is 3. The fraction of sp³-hybridized carbons (Fsp3) is 0.185. The molecule has 0 radical (unpaired) electrons. The van der Waals surface area contributed by atoms with E-state index in [1.165, 1.54) is 12.3 Å². The summed E-state index contributed by atoms with van der Waals surface area (Å²) in [5.41, 5.74) is 3.97. The maximum Gasteiger partial charge on any atom is 0.337 e. The van der Waals surface area contributed by atoms with Crippen LogP contribution in [0.3, 0.4) is 0 Å². The number of amides is 2. The number of nitrogens with zero attached hydrogens (tertiary/aromatic N) is 3. The molecule has 2 heterocycles. The minimum Gasteiger partial charge on any atom is -0.478 e. The molecule has 3 aromatic rings. The molecule has 1 aromatic heterocycles. The van der Waals surface area contributed by atoms with Crippen LogP contribution in [-0.4, -0.2) is 60.0 Å². The molecule has 0 saturated heterocycles. The van der Waals surface area contributed by atoms with Gasteiger partial charge < -0.3 is 25.5 Å². The number of hydrogen-bond acceptors (Lipinski definition) is 6. The van der Waals surface area contributed by atoms with Gasteiger partial charge in [0, 0.05) is 38.2 Å².